The molecule has 0 N–H and O–H groups in total. The molecular weight excluding hydrogens is 388 g/mol. The Balaban J connectivity index is 1.76. The van der Waals surface area contributed by atoms with E-state index in [1.165, 1.54) is 0 Å². The molecule has 4 aromatic rings. The fourth-order valence-electron chi connectivity index (χ4n) is 2.89. The highest BCUT2D eigenvalue weighted by Crippen LogP contribution is 2.25. The van der Waals surface area contributed by atoms with Crippen LogP contribution in [-0.2, 0) is 0 Å². The van der Waals surface area contributed by atoms with Gasteiger partial charge >= 0.3 is 8.80 Å². The van der Waals surface area contributed by atoms with E-state index in [1.807, 2.05) is 133 Å². The first-order chi connectivity index (χ1) is 14.8. The molecule has 0 aliphatic carbocycles. The van der Waals surface area contributed by atoms with Crippen LogP contribution in [0.2, 0.25) is 0 Å². The van der Waals surface area contributed by atoms with Gasteiger partial charge in [-0.25, -0.2) is 0 Å². The maximum atomic E-state index is 6.44. The average molecular weight is 411 g/mol. The largest absolute Gasteiger partial charge is 0.729 e. The third-order valence-electron chi connectivity index (χ3n) is 4.29. The summed E-state index contributed by atoms with van der Waals surface area (Å²) in [5.41, 5.74) is 2.97. The zero-order valence-corrected chi connectivity index (χ0v) is 17.4. The van der Waals surface area contributed by atoms with Crippen molar-refractivity contribution in [3.8, 4) is 17.2 Å². The zero-order chi connectivity index (χ0) is 20.5. The summed E-state index contributed by atoms with van der Waals surface area (Å²) in [5, 5.41) is 0. The van der Waals surface area contributed by atoms with E-state index in [4.69, 9.17) is 13.3 Å². The van der Waals surface area contributed by atoms with Gasteiger partial charge in [0, 0.05) is 5.70 Å². The van der Waals surface area contributed by atoms with Gasteiger partial charge in [-0.15, -0.1) is 0 Å². The molecule has 0 aliphatic rings. The van der Waals surface area contributed by atoms with E-state index in [1.54, 1.807) is 0 Å². The fourth-order valence-corrected chi connectivity index (χ4v) is 5.00. The van der Waals surface area contributed by atoms with Crippen molar-refractivity contribution < 1.29 is 13.3 Å². The summed E-state index contributed by atoms with van der Waals surface area (Å²) in [4.78, 5) is 0. The van der Waals surface area contributed by atoms with E-state index in [0.717, 1.165) is 5.56 Å². The van der Waals surface area contributed by atoms with Gasteiger partial charge in [-0.3, -0.25) is 0 Å². The molecule has 4 aromatic carbocycles. The zero-order valence-electron chi connectivity index (χ0n) is 16.4. The van der Waals surface area contributed by atoms with E-state index < -0.39 is 8.80 Å². The first-order valence-corrected chi connectivity index (χ1v) is 11.6. The van der Waals surface area contributed by atoms with Crippen molar-refractivity contribution in [2.24, 2.45) is 0 Å². The molecule has 0 bridgehead atoms. The lowest BCUT2D eigenvalue weighted by atomic mass is 10.2. The normalized spacial score (nSPS) is 11.2. The highest BCUT2D eigenvalue weighted by molar-refractivity contribution is 6.69. The number of para-hydroxylation sites is 3. The molecule has 0 atom stereocenters. The van der Waals surface area contributed by atoms with Crippen molar-refractivity contribution in [2.45, 2.75) is 0 Å². The third kappa shape index (κ3) is 5.40. The number of hydrogen-bond donors (Lipinski definition) is 0. The van der Waals surface area contributed by atoms with Gasteiger partial charge in [0.25, 0.3) is 0 Å². The third-order valence-corrected chi connectivity index (χ3v) is 6.43. The van der Waals surface area contributed by atoms with Crippen LogP contribution in [0.1, 0.15) is 5.56 Å². The van der Waals surface area contributed by atoms with Crippen LogP contribution in [0.4, 0.5) is 0 Å². The molecule has 0 amide bonds. The molecule has 0 heterocycles. The lowest BCUT2D eigenvalue weighted by Gasteiger charge is -2.28. The molecule has 0 spiro atoms. The van der Waals surface area contributed by atoms with Crippen LogP contribution < -0.4 is 13.3 Å². The van der Waals surface area contributed by atoms with E-state index in [-0.39, 0.29) is 0 Å². The molecule has 4 heteroatoms. The summed E-state index contributed by atoms with van der Waals surface area (Å²) in [5.74, 6) is 2.07. The molecule has 0 saturated heterocycles. The van der Waals surface area contributed by atoms with Crippen LogP contribution >= 0.6 is 0 Å². The molecule has 3 nitrogen and oxygen atoms in total. The molecule has 0 unspecified atom stereocenters. The molecule has 148 valence electrons. The molecule has 30 heavy (non-hydrogen) atoms. The monoisotopic (exact) mass is 410 g/mol. The number of rotatable bonds is 8. The SMILES string of the molecule is C(=C[Si](Oc1ccccc1)(Oc1ccccc1)Oc1ccccc1)c1ccccc1. The average Bonchev–Trinajstić information content (AvgIpc) is 2.80. The predicted octanol–water partition coefficient (Wildman–Crippen LogP) is 6.41. The first kappa shape index (κ1) is 19.5. The van der Waals surface area contributed by atoms with Gasteiger partial charge in [0.15, 0.2) is 0 Å². The van der Waals surface area contributed by atoms with Gasteiger partial charge in [0.1, 0.15) is 17.2 Å². The molecular formula is C26H22O3Si. The minimum absolute atomic E-state index is 0.689. The molecule has 0 aliphatic heterocycles. The molecule has 0 saturated carbocycles. The lowest BCUT2D eigenvalue weighted by Crippen LogP contribution is -2.53. The molecule has 0 fully saturated rings. The summed E-state index contributed by atoms with van der Waals surface area (Å²) in [6.45, 7) is 0. The number of benzene rings is 4. The summed E-state index contributed by atoms with van der Waals surface area (Å²) >= 11 is 0. The van der Waals surface area contributed by atoms with E-state index in [0.29, 0.717) is 17.2 Å². The summed E-state index contributed by atoms with van der Waals surface area (Å²) < 4.78 is 19.3. The van der Waals surface area contributed by atoms with Crippen LogP contribution in [0.3, 0.4) is 0 Å². The van der Waals surface area contributed by atoms with Crippen LogP contribution in [0.25, 0.3) is 6.08 Å². The molecule has 0 radical (unpaired) electrons. The Hall–Kier alpha value is -3.76. The second-order valence-electron chi connectivity index (χ2n) is 6.59. The highest BCUT2D eigenvalue weighted by Gasteiger charge is 2.47. The first-order valence-electron chi connectivity index (χ1n) is 9.78. The Kier molecular flexibility index (Phi) is 6.27. The Morgan fingerprint density at radius 3 is 1.13 bits per heavy atom. The second kappa shape index (κ2) is 9.63. The van der Waals surface area contributed by atoms with Gasteiger partial charge in [-0.05, 0) is 42.0 Å². The maximum absolute atomic E-state index is 6.44. The Morgan fingerprint density at radius 1 is 0.433 bits per heavy atom. The minimum Gasteiger partial charge on any atom is -0.480 e. The van der Waals surface area contributed by atoms with Crippen molar-refractivity contribution in [3.63, 3.8) is 0 Å². The minimum atomic E-state index is -3.38. The van der Waals surface area contributed by atoms with Crippen LogP contribution in [0, 0.1) is 0 Å². The predicted molar refractivity (Wildman–Crippen MR) is 122 cm³/mol. The second-order valence-corrected chi connectivity index (χ2v) is 8.75. The van der Waals surface area contributed by atoms with Gasteiger partial charge in [0.2, 0.25) is 0 Å². The van der Waals surface area contributed by atoms with Crippen molar-refractivity contribution >= 4 is 14.9 Å². The van der Waals surface area contributed by atoms with Crippen LogP contribution in [0.5, 0.6) is 17.2 Å². The van der Waals surface area contributed by atoms with Crippen LogP contribution in [0.15, 0.2) is 127 Å². The van der Waals surface area contributed by atoms with Gasteiger partial charge in [-0.2, -0.15) is 0 Å². The van der Waals surface area contributed by atoms with Gasteiger partial charge in [0.05, 0.1) is 0 Å². The summed E-state index contributed by atoms with van der Waals surface area (Å²) in [6, 6.07) is 38.9. The highest BCUT2D eigenvalue weighted by atomic mass is 28.4. The summed E-state index contributed by atoms with van der Waals surface area (Å²) in [7, 11) is -3.38. The number of hydrogen-bond acceptors (Lipinski definition) is 3. The Morgan fingerprint density at radius 2 is 0.767 bits per heavy atom. The van der Waals surface area contributed by atoms with Gasteiger partial charge in [-0.1, -0.05) is 91.0 Å². The van der Waals surface area contributed by atoms with E-state index in [2.05, 4.69) is 0 Å². The summed E-state index contributed by atoms with van der Waals surface area (Å²) in [6.07, 6.45) is 1.99. The molecule has 0 aromatic heterocycles. The smallest absolute Gasteiger partial charge is 0.480 e. The van der Waals surface area contributed by atoms with Gasteiger partial charge < -0.3 is 13.3 Å². The van der Waals surface area contributed by atoms with E-state index in [9.17, 15) is 0 Å². The van der Waals surface area contributed by atoms with Crippen molar-refractivity contribution in [2.75, 3.05) is 0 Å². The van der Waals surface area contributed by atoms with Crippen molar-refractivity contribution in [3.05, 3.63) is 133 Å². The Labute approximate surface area is 178 Å². The lowest BCUT2D eigenvalue weighted by molar-refractivity contribution is 0.279. The topological polar surface area (TPSA) is 27.7 Å². The molecule has 4 rings (SSSR count). The van der Waals surface area contributed by atoms with Crippen molar-refractivity contribution in [1.29, 1.82) is 0 Å². The van der Waals surface area contributed by atoms with Crippen LogP contribution in [-0.4, -0.2) is 8.80 Å². The fraction of sp³-hybridized carbons (Fsp3) is 0. The van der Waals surface area contributed by atoms with E-state index >= 15 is 0 Å². The standard InChI is InChI=1S/C26H22O3Si/c1-5-13-23(14-6-1)21-22-30(27-24-15-7-2-8-16-24,28-25-17-9-3-10-18-25)29-26-19-11-4-12-20-26/h1-22H. The maximum Gasteiger partial charge on any atom is 0.729 e. The van der Waals surface area contributed by atoms with Crippen molar-refractivity contribution in [1.82, 2.24) is 0 Å². The quantitative estimate of drug-likeness (QED) is 0.314. The Bertz CT molecular complexity index is 951.